The van der Waals surface area contributed by atoms with E-state index in [2.05, 4.69) is 0 Å². The van der Waals surface area contributed by atoms with E-state index < -0.39 is 17.0 Å². The van der Waals surface area contributed by atoms with E-state index in [9.17, 15) is 23.3 Å². The molecular weight excluding hydrogens is 297 g/mol. The number of hydrogen-bond acceptors (Lipinski definition) is 3. The third-order valence-corrected chi connectivity index (χ3v) is 3.74. The first-order chi connectivity index (χ1) is 9.30. The van der Waals surface area contributed by atoms with Gasteiger partial charge in [0.25, 0.3) is 5.69 Å². The molecule has 1 aromatic rings. The third kappa shape index (κ3) is 2.98. The maximum Gasteiger partial charge on any atom is 0.391 e. The van der Waals surface area contributed by atoms with Gasteiger partial charge in [0.15, 0.2) is 0 Å². The Kier molecular flexibility index (Phi) is 4.08. The number of para-hydroxylation sites is 1. The van der Waals surface area contributed by atoms with Gasteiger partial charge in [-0.1, -0.05) is 17.7 Å². The van der Waals surface area contributed by atoms with Gasteiger partial charge in [0.2, 0.25) is 0 Å². The first kappa shape index (κ1) is 14.9. The Bertz CT molecular complexity index is 514. The van der Waals surface area contributed by atoms with Gasteiger partial charge in [0.1, 0.15) is 5.69 Å². The Balaban J connectivity index is 2.21. The van der Waals surface area contributed by atoms with Crippen LogP contribution < -0.4 is 4.90 Å². The molecule has 1 aromatic carbocycles. The zero-order chi connectivity index (χ0) is 14.9. The molecule has 4 nitrogen and oxygen atoms in total. The molecule has 0 bridgehead atoms. The van der Waals surface area contributed by atoms with Crippen LogP contribution in [0.2, 0.25) is 5.02 Å². The van der Waals surface area contributed by atoms with Crippen LogP contribution in [0.25, 0.3) is 0 Å². The molecule has 110 valence electrons. The maximum absolute atomic E-state index is 12.6. The number of rotatable bonds is 2. The molecule has 0 spiro atoms. The van der Waals surface area contributed by atoms with E-state index in [1.54, 1.807) is 4.90 Å². The van der Waals surface area contributed by atoms with Crippen molar-refractivity contribution in [1.82, 2.24) is 0 Å². The lowest BCUT2D eigenvalue weighted by Gasteiger charge is -2.34. The van der Waals surface area contributed by atoms with Crippen molar-refractivity contribution in [3.05, 3.63) is 33.3 Å². The number of alkyl halides is 3. The molecule has 1 aliphatic rings. The minimum Gasteiger partial charge on any atom is -0.365 e. The zero-order valence-electron chi connectivity index (χ0n) is 10.4. The second kappa shape index (κ2) is 5.47. The quantitative estimate of drug-likeness (QED) is 0.612. The van der Waals surface area contributed by atoms with E-state index in [-0.39, 0.29) is 42.3 Å². The molecular formula is C12H12ClF3N2O2. The number of nitro benzene ring substituents is 1. The zero-order valence-corrected chi connectivity index (χ0v) is 11.1. The normalized spacial score (nSPS) is 17.3. The standard InChI is InChI=1S/C12H12ClF3N2O2/c13-9-2-1-3-10(18(19)20)11(9)17-6-4-8(5-7-17)12(14,15)16/h1-3,8H,4-7H2. The van der Waals surface area contributed by atoms with Gasteiger partial charge < -0.3 is 4.90 Å². The second-order valence-electron chi connectivity index (χ2n) is 4.67. The van der Waals surface area contributed by atoms with Crippen LogP contribution in [0.1, 0.15) is 12.8 Å². The van der Waals surface area contributed by atoms with Gasteiger partial charge in [-0.05, 0) is 18.9 Å². The molecule has 0 amide bonds. The van der Waals surface area contributed by atoms with Crippen LogP contribution in [-0.4, -0.2) is 24.2 Å². The molecule has 0 N–H and O–H groups in total. The molecule has 0 aliphatic carbocycles. The summed E-state index contributed by atoms with van der Waals surface area (Å²) in [6.07, 6.45) is -4.36. The fraction of sp³-hybridized carbons (Fsp3) is 0.500. The molecule has 1 saturated heterocycles. The molecule has 0 saturated carbocycles. The lowest BCUT2D eigenvalue weighted by molar-refractivity contribution is -0.384. The van der Waals surface area contributed by atoms with E-state index in [4.69, 9.17) is 11.6 Å². The van der Waals surface area contributed by atoms with Crippen molar-refractivity contribution >= 4 is 23.0 Å². The van der Waals surface area contributed by atoms with Gasteiger partial charge >= 0.3 is 6.18 Å². The van der Waals surface area contributed by atoms with Crippen molar-refractivity contribution in [2.24, 2.45) is 5.92 Å². The Hall–Kier alpha value is -1.50. The summed E-state index contributed by atoms with van der Waals surface area (Å²) in [5.41, 5.74) is 0.0303. The summed E-state index contributed by atoms with van der Waals surface area (Å²) in [5.74, 6) is -1.35. The van der Waals surface area contributed by atoms with Crippen molar-refractivity contribution in [3.8, 4) is 0 Å². The fourth-order valence-corrected chi connectivity index (χ4v) is 2.68. The van der Waals surface area contributed by atoms with Crippen LogP contribution in [0.4, 0.5) is 24.5 Å². The minimum atomic E-state index is -4.21. The minimum absolute atomic E-state index is 0.0775. The summed E-state index contributed by atoms with van der Waals surface area (Å²) in [6, 6.07) is 4.25. The van der Waals surface area contributed by atoms with Crippen molar-refractivity contribution < 1.29 is 18.1 Å². The SMILES string of the molecule is O=[N+]([O-])c1cccc(Cl)c1N1CCC(C(F)(F)F)CC1. The Morgan fingerprint density at radius 3 is 2.40 bits per heavy atom. The molecule has 8 heteroatoms. The van der Waals surface area contributed by atoms with Crippen molar-refractivity contribution in [2.45, 2.75) is 19.0 Å². The highest BCUT2D eigenvalue weighted by atomic mass is 35.5. The van der Waals surface area contributed by atoms with Crippen LogP contribution in [0.5, 0.6) is 0 Å². The summed E-state index contributed by atoms with van der Waals surface area (Å²) in [5, 5.41) is 11.2. The third-order valence-electron chi connectivity index (χ3n) is 3.44. The number of hydrogen-bond donors (Lipinski definition) is 0. The Morgan fingerprint density at radius 2 is 1.90 bits per heavy atom. The van der Waals surface area contributed by atoms with Crippen molar-refractivity contribution in [1.29, 1.82) is 0 Å². The molecule has 0 radical (unpaired) electrons. The number of halogens is 4. The number of piperidine rings is 1. The molecule has 1 fully saturated rings. The summed E-state index contributed by atoms with van der Waals surface area (Å²) in [7, 11) is 0. The summed E-state index contributed by atoms with van der Waals surface area (Å²) in [6.45, 7) is 0.212. The van der Waals surface area contributed by atoms with Gasteiger partial charge in [-0.15, -0.1) is 0 Å². The monoisotopic (exact) mass is 308 g/mol. The van der Waals surface area contributed by atoms with Gasteiger partial charge in [0.05, 0.1) is 15.9 Å². The molecule has 0 aromatic heterocycles. The van der Waals surface area contributed by atoms with E-state index in [0.717, 1.165) is 0 Å². The first-order valence-corrected chi connectivity index (χ1v) is 6.43. The van der Waals surface area contributed by atoms with Crippen LogP contribution in [-0.2, 0) is 0 Å². The van der Waals surface area contributed by atoms with E-state index in [1.807, 2.05) is 0 Å². The largest absolute Gasteiger partial charge is 0.391 e. The Labute approximate surface area is 118 Å². The van der Waals surface area contributed by atoms with Gasteiger partial charge in [-0.3, -0.25) is 10.1 Å². The second-order valence-corrected chi connectivity index (χ2v) is 5.07. The number of nitro groups is 1. The first-order valence-electron chi connectivity index (χ1n) is 6.05. The van der Waals surface area contributed by atoms with E-state index in [1.165, 1.54) is 18.2 Å². The highest BCUT2D eigenvalue weighted by Crippen LogP contribution is 2.40. The predicted molar refractivity (Wildman–Crippen MR) is 69.1 cm³/mol. The molecule has 1 aliphatic heterocycles. The smallest absolute Gasteiger partial charge is 0.365 e. The van der Waals surface area contributed by atoms with E-state index in [0.29, 0.717) is 0 Å². The Morgan fingerprint density at radius 1 is 1.30 bits per heavy atom. The summed E-state index contributed by atoms with van der Waals surface area (Å²) in [4.78, 5) is 12.0. The fourth-order valence-electron chi connectivity index (χ4n) is 2.39. The van der Waals surface area contributed by atoms with Crippen LogP contribution in [0.15, 0.2) is 18.2 Å². The number of nitrogens with zero attached hydrogens (tertiary/aromatic N) is 2. The lowest BCUT2D eigenvalue weighted by atomic mass is 9.96. The highest BCUT2D eigenvalue weighted by Gasteiger charge is 2.41. The van der Waals surface area contributed by atoms with Crippen molar-refractivity contribution in [3.63, 3.8) is 0 Å². The van der Waals surface area contributed by atoms with Gasteiger partial charge in [-0.2, -0.15) is 13.2 Å². The van der Waals surface area contributed by atoms with Crippen LogP contribution >= 0.6 is 11.6 Å². The molecule has 20 heavy (non-hydrogen) atoms. The number of benzene rings is 1. The van der Waals surface area contributed by atoms with Gasteiger partial charge in [0, 0.05) is 19.2 Å². The summed E-state index contributed by atoms with van der Waals surface area (Å²) >= 11 is 5.96. The number of anilines is 1. The predicted octanol–water partition coefficient (Wildman–Crippen LogP) is 4.03. The van der Waals surface area contributed by atoms with Crippen LogP contribution in [0.3, 0.4) is 0 Å². The van der Waals surface area contributed by atoms with Crippen molar-refractivity contribution in [2.75, 3.05) is 18.0 Å². The highest BCUT2D eigenvalue weighted by molar-refractivity contribution is 6.33. The maximum atomic E-state index is 12.6. The van der Waals surface area contributed by atoms with Crippen LogP contribution in [0, 0.1) is 16.0 Å². The van der Waals surface area contributed by atoms with E-state index >= 15 is 0 Å². The van der Waals surface area contributed by atoms with Gasteiger partial charge in [-0.25, -0.2) is 0 Å². The average molecular weight is 309 g/mol. The molecule has 0 unspecified atom stereocenters. The molecule has 1 heterocycles. The molecule has 2 rings (SSSR count). The average Bonchev–Trinajstić information content (AvgIpc) is 2.37. The topological polar surface area (TPSA) is 46.4 Å². The summed E-state index contributed by atoms with van der Waals surface area (Å²) < 4.78 is 37.8. The lowest BCUT2D eigenvalue weighted by Crippen LogP contribution is -2.39. The molecule has 0 atom stereocenters.